The van der Waals surface area contributed by atoms with Crippen LogP contribution in [0.3, 0.4) is 0 Å². The van der Waals surface area contributed by atoms with Crippen LogP contribution in [0.25, 0.3) is 10.9 Å². The van der Waals surface area contributed by atoms with Gasteiger partial charge in [0, 0.05) is 17.6 Å². The van der Waals surface area contributed by atoms with E-state index in [0.29, 0.717) is 13.1 Å². The van der Waals surface area contributed by atoms with Crippen LogP contribution in [-0.4, -0.2) is 25.7 Å². The van der Waals surface area contributed by atoms with Gasteiger partial charge in [0.1, 0.15) is 12.7 Å². The Kier molecular flexibility index (Phi) is 4.60. The maximum atomic E-state index is 12.9. The Morgan fingerprint density at radius 1 is 1.07 bits per heavy atom. The Labute approximate surface area is 169 Å². The number of carbonyl (C=O) groups excluding carboxylic acids is 1. The van der Waals surface area contributed by atoms with Gasteiger partial charge < -0.3 is 10.3 Å². The summed E-state index contributed by atoms with van der Waals surface area (Å²) >= 11 is 0. The molecule has 0 spiro atoms. The molecule has 146 valence electrons. The second kappa shape index (κ2) is 7.54. The van der Waals surface area contributed by atoms with Gasteiger partial charge in [0.05, 0.1) is 17.6 Å². The number of aromatic nitrogens is 4. The number of nitrogens with one attached hydrogen (secondary N) is 2. The molecule has 0 saturated heterocycles. The molecular formula is C23H23N5O. The molecule has 0 aliphatic heterocycles. The van der Waals surface area contributed by atoms with Crippen molar-refractivity contribution in [2.24, 2.45) is 0 Å². The first-order valence-electron chi connectivity index (χ1n) is 10.1. The lowest BCUT2D eigenvalue weighted by molar-refractivity contribution is 0.0952. The highest BCUT2D eigenvalue weighted by Gasteiger charge is 2.19. The van der Waals surface area contributed by atoms with Gasteiger partial charge in [-0.2, -0.15) is 5.10 Å². The standard InChI is InChI=1S/C23H23N5O/c29-23(20-6-3-5-19-18-4-1-2-7-21(18)27-22(19)20)25-12-16-8-10-17(11-9-16)13-28-15-24-14-26-28/h3,5-6,8-11,14-15,27H,1-2,4,7,12-13H2,(H,25,29). The number of benzene rings is 2. The van der Waals surface area contributed by atoms with Crippen LogP contribution in [0.2, 0.25) is 0 Å². The van der Waals surface area contributed by atoms with Gasteiger partial charge in [-0.25, -0.2) is 9.67 Å². The normalized spacial score (nSPS) is 13.4. The first kappa shape index (κ1) is 17.7. The third-order valence-electron chi connectivity index (χ3n) is 5.67. The lowest BCUT2D eigenvalue weighted by Gasteiger charge is -2.10. The van der Waals surface area contributed by atoms with Crippen molar-refractivity contribution >= 4 is 16.8 Å². The number of rotatable bonds is 5. The molecule has 0 bridgehead atoms. The van der Waals surface area contributed by atoms with Gasteiger partial charge >= 0.3 is 0 Å². The van der Waals surface area contributed by atoms with Gasteiger partial charge in [0.15, 0.2) is 0 Å². The summed E-state index contributed by atoms with van der Waals surface area (Å²) in [5, 5.41) is 8.39. The van der Waals surface area contributed by atoms with E-state index >= 15 is 0 Å². The Hall–Kier alpha value is -3.41. The molecule has 1 amide bonds. The largest absolute Gasteiger partial charge is 0.358 e. The molecule has 5 rings (SSSR count). The fourth-order valence-corrected chi connectivity index (χ4v) is 4.16. The number of amides is 1. The predicted molar refractivity (Wildman–Crippen MR) is 112 cm³/mol. The van der Waals surface area contributed by atoms with Crippen molar-refractivity contribution in [3.05, 3.63) is 83.1 Å². The summed E-state index contributed by atoms with van der Waals surface area (Å²) in [7, 11) is 0. The van der Waals surface area contributed by atoms with Crippen LogP contribution < -0.4 is 5.32 Å². The molecule has 6 nitrogen and oxygen atoms in total. The highest BCUT2D eigenvalue weighted by atomic mass is 16.1. The topological polar surface area (TPSA) is 75.6 Å². The van der Waals surface area contributed by atoms with Crippen LogP contribution in [0.1, 0.15) is 45.6 Å². The summed E-state index contributed by atoms with van der Waals surface area (Å²) in [4.78, 5) is 20.3. The van der Waals surface area contributed by atoms with Gasteiger partial charge in [-0.05, 0) is 48.4 Å². The number of carbonyl (C=O) groups is 1. The fraction of sp³-hybridized carbons (Fsp3) is 0.261. The highest BCUT2D eigenvalue weighted by Crippen LogP contribution is 2.30. The number of aryl methyl sites for hydroxylation is 2. The molecule has 0 unspecified atom stereocenters. The first-order chi connectivity index (χ1) is 14.3. The lowest BCUT2D eigenvalue weighted by atomic mass is 9.95. The Morgan fingerprint density at radius 3 is 2.72 bits per heavy atom. The average Bonchev–Trinajstić information content (AvgIpc) is 3.40. The minimum Gasteiger partial charge on any atom is -0.358 e. The summed E-state index contributed by atoms with van der Waals surface area (Å²) < 4.78 is 1.79. The van der Waals surface area contributed by atoms with E-state index in [0.717, 1.165) is 35.0 Å². The van der Waals surface area contributed by atoms with Crippen LogP contribution in [0.15, 0.2) is 55.1 Å². The predicted octanol–water partition coefficient (Wildman–Crippen LogP) is 3.62. The number of aromatic amines is 1. The molecule has 1 aliphatic rings. The van der Waals surface area contributed by atoms with Crippen molar-refractivity contribution < 1.29 is 4.79 Å². The average molecular weight is 385 g/mol. The molecule has 0 radical (unpaired) electrons. The van der Waals surface area contributed by atoms with Gasteiger partial charge in [-0.3, -0.25) is 4.79 Å². The summed E-state index contributed by atoms with van der Waals surface area (Å²) in [5.41, 5.74) is 6.60. The van der Waals surface area contributed by atoms with Crippen molar-refractivity contribution in [2.45, 2.75) is 38.8 Å². The molecule has 6 heteroatoms. The summed E-state index contributed by atoms with van der Waals surface area (Å²) in [5.74, 6) is -0.0408. The quantitative estimate of drug-likeness (QED) is 0.551. The van der Waals surface area contributed by atoms with Crippen molar-refractivity contribution in [2.75, 3.05) is 0 Å². The van der Waals surface area contributed by atoms with E-state index in [4.69, 9.17) is 0 Å². The molecule has 29 heavy (non-hydrogen) atoms. The zero-order valence-electron chi connectivity index (χ0n) is 16.2. The Morgan fingerprint density at radius 2 is 1.90 bits per heavy atom. The molecule has 0 atom stereocenters. The van der Waals surface area contributed by atoms with Crippen LogP contribution in [0, 0.1) is 0 Å². The zero-order chi connectivity index (χ0) is 19.6. The second-order valence-corrected chi connectivity index (χ2v) is 7.61. The van der Waals surface area contributed by atoms with Gasteiger partial charge in [0.2, 0.25) is 0 Å². The van der Waals surface area contributed by atoms with E-state index in [1.54, 1.807) is 11.0 Å². The molecule has 2 aromatic carbocycles. The fourth-order valence-electron chi connectivity index (χ4n) is 4.16. The van der Waals surface area contributed by atoms with Gasteiger partial charge in [-0.15, -0.1) is 0 Å². The number of nitrogens with zero attached hydrogens (tertiary/aromatic N) is 3. The summed E-state index contributed by atoms with van der Waals surface area (Å²) in [6.45, 7) is 1.19. The van der Waals surface area contributed by atoms with Gasteiger partial charge in [-0.1, -0.05) is 36.4 Å². The minimum absolute atomic E-state index is 0.0408. The van der Waals surface area contributed by atoms with E-state index in [1.807, 2.05) is 24.3 Å². The summed E-state index contributed by atoms with van der Waals surface area (Å²) in [6, 6.07) is 14.2. The van der Waals surface area contributed by atoms with E-state index in [1.165, 1.54) is 35.8 Å². The molecule has 2 aromatic heterocycles. The zero-order valence-corrected chi connectivity index (χ0v) is 16.2. The smallest absolute Gasteiger partial charge is 0.253 e. The number of H-pyrrole nitrogens is 1. The van der Waals surface area contributed by atoms with E-state index < -0.39 is 0 Å². The maximum absolute atomic E-state index is 12.9. The number of para-hydroxylation sites is 1. The van der Waals surface area contributed by atoms with Crippen LogP contribution in [-0.2, 0) is 25.9 Å². The van der Waals surface area contributed by atoms with Crippen LogP contribution in [0.5, 0.6) is 0 Å². The van der Waals surface area contributed by atoms with E-state index in [9.17, 15) is 4.79 Å². The number of hydrogen-bond acceptors (Lipinski definition) is 3. The van der Waals surface area contributed by atoms with Crippen molar-refractivity contribution in [1.82, 2.24) is 25.1 Å². The SMILES string of the molecule is O=C(NCc1ccc(Cn2cncn2)cc1)c1cccc2c3c([nH]c12)CCCC3. The van der Waals surface area contributed by atoms with Crippen LogP contribution >= 0.6 is 0 Å². The lowest BCUT2D eigenvalue weighted by Crippen LogP contribution is -2.23. The first-order valence-corrected chi connectivity index (χ1v) is 10.1. The molecule has 2 heterocycles. The van der Waals surface area contributed by atoms with E-state index in [2.05, 4.69) is 38.6 Å². The minimum atomic E-state index is -0.0408. The van der Waals surface area contributed by atoms with Crippen molar-refractivity contribution in [3.63, 3.8) is 0 Å². The Bertz CT molecular complexity index is 1140. The van der Waals surface area contributed by atoms with E-state index in [-0.39, 0.29) is 5.91 Å². The van der Waals surface area contributed by atoms with Gasteiger partial charge in [0.25, 0.3) is 5.91 Å². The molecule has 2 N–H and O–H groups in total. The number of fused-ring (bicyclic) bond motifs is 3. The second-order valence-electron chi connectivity index (χ2n) is 7.61. The van der Waals surface area contributed by atoms with Crippen LogP contribution in [0.4, 0.5) is 0 Å². The third-order valence-corrected chi connectivity index (χ3v) is 5.67. The molecule has 1 aliphatic carbocycles. The molecule has 0 saturated carbocycles. The van der Waals surface area contributed by atoms with Crippen molar-refractivity contribution in [1.29, 1.82) is 0 Å². The summed E-state index contributed by atoms with van der Waals surface area (Å²) in [6.07, 6.45) is 7.85. The molecule has 4 aromatic rings. The highest BCUT2D eigenvalue weighted by molar-refractivity contribution is 6.06. The Balaban J connectivity index is 1.29. The number of hydrogen-bond donors (Lipinski definition) is 2. The third kappa shape index (κ3) is 3.53. The maximum Gasteiger partial charge on any atom is 0.253 e. The monoisotopic (exact) mass is 385 g/mol. The molecule has 0 fully saturated rings. The van der Waals surface area contributed by atoms with Crippen molar-refractivity contribution in [3.8, 4) is 0 Å². The molecular weight excluding hydrogens is 362 g/mol.